The van der Waals surface area contributed by atoms with Gasteiger partial charge in [0.25, 0.3) is 0 Å². The third-order valence-corrected chi connectivity index (χ3v) is 3.83. The highest BCUT2D eigenvalue weighted by Crippen LogP contribution is 2.43. The van der Waals surface area contributed by atoms with Crippen LogP contribution in [-0.4, -0.2) is 11.9 Å². The zero-order valence-electron chi connectivity index (χ0n) is 11.3. The third kappa shape index (κ3) is 3.23. The second-order valence-electron chi connectivity index (χ2n) is 5.87. The van der Waals surface area contributed by atoms with Crippen LogP contribution in [0.4, 0.5) is 0 Å². The lowest BCUT2D eigenvalue weighted by atomic mass is 9.77. The summed E-state index contributed by atoms with van der Waals surface area (Å²) in [5.41, 5.74) is -0.0441. The van der Waals surface area contributed by atoms with Crippen LogP contribution in [0.25, 0.3) is 0 Å². The van der Waals surface area contributed by atoms with Crippen molar-refractivity contribution in [2.75, 3.05) is 0 Å². The van der Waals surface area contributed by atoms with Gasteiger partial charge in [-0.1, -0.05) is 33.6 Å². The van der Waals surface area contributed by atoms with Crippen LogP contribution in [0, 0.1) is 11.3 Å². The molecule has 1 aliphatic rings. The summed E-state index contributed by atoms with van der Waals surface area (Å²) >= 11 is 0. The monoisotopic (exact) mass is 225 g/mol. The fourth-order valence-corrected chi connectivity index (χ4v) is 2.84. The average molecular weight is 225 g/mol. The van der Waals surface area contributed by atoms with Crippen LogP contribution < -0.4 is 5.32 Å². The van der Waals surface area contributed by atoms with E-state index in [1.165, 1.54) is 12.8 Å². The number of hydrogen-bond acceptors (Lipinski definition) is 1. The van der Waals surface area contributed by atoms with Gasteiger partial charge in [-0.15, -0.1) is 0 Å². The predicted molar refractivity (Wildman–Crippen MR) is 68.3 cm³/mol. The van der Waals surface area contributed by atoms with Crippen LogP contribution in [0.1, 0.15) is 66.2 Å². The lowest BCUT2D eigenvalue weighted by Crippen LogP contribution is -2.43. The standard InChI is InChI=1S/C14H27NO/c1-5-12(4)15-13(16)14(10-11(2)3)8-6-7-9-14/h11-12H,5-10H2,1-4H3,(H,15,16). The maximum absolute atomic E-state index is 12.4. The van der Waals surface area contributed by atoms with Crippen LogP contribution in [0.3, 0.4) is 0 Å². The molecule has 0 radical (unpaired) electrons. The SMILES string of the molecule is CCC(C)NC(=O)C1(CC(C)C)CCCC1. The molecule has 1 saturated carbocycles. The molecule has 0 aromatic heterocycles. The number of carbonyl (C=O) groups is 1. The molecule has 1 atom stereocenters. The molecule has 94 valence electrons. The quantitative estimate of drug-likeness (QED) is 0.762. The highest BCUT2D eigenvalue weighted by molar-refractivity contribution is 5.83. The first-order chi connectivity index (χ1) is 7.50. The topological polar surface area (TPSA) is 29.1 Å². The van der Waals surface area contributed by atoms with Gasteiger partial charge in [0, 0.05) is 11.5 Å². The van der Waals surface area contributed by atoms with Crippen LogP contribution in [0.5, 0.6) is 0 Å². The fraction of sp³-hybridized carbons (Fsp3) is 0.929. The molecule has 2 nitrogen and oxygen atoms in total. The Labute approximate surface area is 100 Å². The number of rotatable bonds is 5. The van der Waals surface area contributed by atoms with E-state index in [4.69, 9.17) is 0 Å². The first kappa shape index (κ1) is 13.5. The van der Waals surface area contributed by atoms with E-state index in [-0.39, 0.29) is 5.41 Å². The van der Waals surface area contributed by atoms with Gasteiger partial charge in [0.1, 0.15) is 0 Å². The summed E-state index contributed by atoms with van der Waals surface area (Å²) in [4.78, 5) is 12.4. The highest BCUT2D eigenvalue weighted by Gasteiger charge is 2.41. The molecular formula is C14H27NO. The van der Waals surface area contributed by atoms with Crippen LogP contribution in [0.2, 0.25) is 0 Å². The van der Waals surface area contributed by atoms with Crippen LogP contribution >= 0.6 is 0 Å². The van der Waals surface area contributed by atoms with Gasteiger partial charge >= 0.3 is 0 Å². The van der Waals surface area contributed by atoms with E-state index < -0.39 is 0 Å². The van der Waals surface area contributed by atoms with E-state index >= 15 is 0 Å². The smallest absolute Gasteiger partial charge is 0.226 e. The van der Waals surface area contributed by atoms with Gasteiger partial charge < -0.3 is 5.32 Å². The first-order valence-corrected chi connectivity index (χ1v) is 6.81. The molecule has 1 unspecified atom stereocenters. The van der Waals surface area contributed by atoms with Crippen LogP contribution in [-0.2, 0) is 4.79 Å². The molecule has 1 N–H and O–H groups in total. The van der Waals surface area contributed by atoms with Crippen molar-refractivity contribution >= 4 is 5.91 Å². The van der Waals surface area contributed by atoms with E-state index in [1.54, 1.807) is 0 Å². The lowest BCUT2D eigenvalue weighted by Gasteiger charge is -2.30. The lowest BCUT2D eigenvalue weighted by molar-refractivity contribution is -0.132. The maximum atomic E-state index is 12.4. The van der Waals surface area contributed by atoms with Crippen molar-refractivity contribution in [2.24, 2.45) is 11.3 Å². The fourth-order valence-electron chi connectivity index (χ4n) is 2.84. The van der Waals surface area contributed by atoms with Gasteiger partial charge in [-0.2, -0.15) is 0 Å². The third-order valence-electron chi connectivity index (χ3n) is 3.83. The zero-order valence-corrected chi connectivity index (χ0v) is 11.3. The van der Waals surface area contributed by atoms with E-state index in [2.05, 4.69) is 33.0 Å². The average Bonchev–Trinajstić information content (AvgIpc) is 2.66. The first-order valence-electron chi connectivity index (χ1n) is 6.81. The summed E-state index contributed by atoms with van der Waals surface area (Å²) in [5, 5.41) is 3.18. The molecule has 0 aliphatic heterocycles. The normalized spacial score (nSPS) is 21.1. The van der Waals surface area contributed by atoms with Gasteiger partial charge in [0.2, 0.25) is 5.91 Å². The summed E-state index contributed by atoms with van der Waals surface area (Å²) in [6.07, 6.45) is 6.70. The zero-order chi connectivity index (χ0) is 12.2. The molecule has 1 rings (SSSR count). The Hall–Kier alpha value is -0.530. The van der Waals surface area contributed by atoms with Crippen molar-refractivity contribution in [2.45, 2.75) is 72.3 Å². The molecule has 0 aromatic rings. The Kier molecular flexibility index (Phi) is 4.82. The molecule has 0 aromatic carbocycles. The molecule has 0 heterocycles. The van der Waals surface area contributed by atoms with Crippen molar-refractivity contribution in [1.82, 2.24) is 5.32 Å². The Morgan fingerprint density at radius 3 is 2.25 bits per heavy atom. The van der Waals surface area contributed by atoms with E-state index in [0.29, 0.717) is 17.9 Å². The minimum absolute atomic E-state index is 0.0441. The van der Waals surface area contributed by atoms with E-state index in [1.807, 2.05) is 0 Å². The Balaban J connectivity index is 2.65. The van der Waals surface area contributed by atoms with Gasteiger partial charge in [-0.05, 0) is 38.5 Å². The van der Waals surface area contributed by atoms with Gasteiger partial charge in [0.15, 0.2) is 0 Å². The Morgan fingerprint density at radius 1 is 1.25 bits per heavy atom. The summed E-state index contributed by atoms with van der Waals surface area (Å²) < 4.78 is 0. The molecule has 0 saturated heterocycles. The van der Waals surface area contributed by atoms with E-state index in [0.717, 1.165) is 25.7 Å². The number of amides is 1. The number of nitrogens with one attached hydrogen (secondary N) is 1. The predicted octanol–water partition coefficient (Wildman–Crippen LogP) is 3.51. The van der Waals surface area contributed by atoms with Crippen molar-refractivity contribution < 1.29 is 4.79 Å². The van der Waals surface area contributed by atoms with Crippen LogP contribution in [0.15, 0.2) is 0 Å². The minimum Gasteiger partial charge on any atom is -0.353 e. The minimum atomic E-state index is -0.0441. The molecular weight excluding hydrogens is 198 g/mol. The molecule has 2 heteroatoms. The molecule has 16 heavy (non-hydrogen) atoms. The highest BCUT2D eigenvalue weighted by atomic mass is 16.2. The van der Waals surface area contributed by atoms with Crippen molar-refractivity contribution in [1.29, 1.82) is 0 Å². The Morgan fingerprint density at radius 2 is 1.81 bits per heavy atom. The summed E-state index contributed by atoms with van der Waals surface area (Å²) in [6, 6.07) is 0.317. The number of carbonyl (C=O) groups excluding carboxylic acids is 1. The van der Waals surface area contributed by atoms with Crippen molar-refractivity contribution in [3.05, 3.63) is 0 Å². The van der Waals surface area contributed by atoms with Gasteiger partial charge in [-0.25, -0.2) is 0 Å². The Bertz CT molecular complexity index is 229. The van der Waals surface area contributed by atoms with Gasteiger partial charge in [0.05, 0.1) is 0 Å². The molecule has 0 spiro atoms. The van der Waals surface area contributed by atoms with Crippen molar-refractivity contribution in [3.63, 3.8) is 0 Å². The summed E-state index contributed by atoms with van der Waals surface area (Å²) in [5.74, 6) is 0.925. The molecule has 1 amide bonds. The molecule has 1 fully saturated rings. The maximum Gasteiger partial charge on any atom is 0.226 e. The van der Waals surface area contributed by atoms with E-state index in [9.17, 15) is 4.79 Å². The second kappa shape index (κ2) is 5.70. The molecule has 0 bridgehead atoms. The largest absolute Gasteiger partial charge is 0.353 e. The number of hydrogen-bond donors (Lipinski definition) is 1. The van der Waals surface area contributed by atoms with Crippen molar-refractivity contribution in [3.8, 4) is 0 Å². The molecule has 1 aliphatic carbocycles. The summed E-state index contributed by atoms with van der Waals surface area (Å²) in [6.45, 7) is 8.65. The van der Waals surface area contributed by atoms with Gasteiger partial charge in [-0.3, -0.25) is 4.79 Å². The second-order valence-corrected chi connectivity index (χ2v) is 5.87. The summed E-state index contributed by atoms with van der Waals surface area (Å²) in [7, 11) is 0.